The minimum absolute atomic E-state index is 0.200. The molecule has 5 rings (SSSR count). The second kappa shape index (κ2) is 7.25. The van der Waals surface area contributed by atoms with Crippen molar-refractivity contribution >= 4 is 23.6 Å². The van der Waals surface area contributed by atoms with Crippen molar-refractivity contribution in [1.29, 1.82) is 0 Å². The Morgan fingerprint density at radius 1 is 0.906 bits per heavy atom. The van der Waals surface area contributed by atoms with E-state index in [1.165, 1.54) is 15.9 Å². The Balaban J connectivity index is 1.67. The molecule has 168 valence electrons. The average Bonchev–Trinajstić information content (AvgIpc) is 3.17. The van der Waals surface area contributed by atoms with E-state index < -0.39 is 47.1 Å². The van der Waals surface area contributed by atoms with E-state index in [0.29, 0.717) is 12.8 Å². The van der Waals surface area contributed by atoms with Crippen LogP contribution in [0.2, 0.25) is 0 Å². The van der Waals surface area contributed by atoms with Crippen LogP contribution in [0.1, 0.15) is 38.2 Å². The first kappa shape index (κ1) is 20.8. The van der Waals surface area contributed by atoms with Gasteiger partial charge in [0.05, 0.1) is 23.7 Å². The average molecular weight is 440 g/mol. The van der Waals surface area contributed by atoms with Crippen molar-refractivity contribution in [1.82, 2.24) is 9.80 Å². The van der Waals surface area contributed by atoms with Gasteiger partial charge in [-0.15, -0.1) is 0 Å². The number of carbonyl (C=O) groups excluding carboxylic acids is 4. The molecule has 6 atom stereocenters. The lowest BCUT2D eigenvalue weighted by atomic mass is 9.57. The van der Waals surface area contributed by atoms with Gasteiger partial charge in [-0.2, -0.15) is 0 Å². The van der Waals surface area contributed by atoms with Crippen LogP contribution in [-0.4, -0.2) is 51.6 Å². The highest BCUT2D eigenvalue weighted by atomic mass is 19.1. The van der Waals surface area contributed by atoms with Crippen LogP contribution in [0.4, 0.5) is 4.39 Å². The lowest BCUT2D eigenvalue weighted by molar-refractivity contribution is -0.141. The van der Waals surface area contributed by atoms with Crippen LogP contribution in [0.15, 0.2) is 29.8 Å². The maximum absolute atomic E-state index is 14.3. The molecule has 0 radical (unpaired) electrons. The van der Waals surface area contributed by atoms with Crippen LogP contribution in [0.5, 0.6) is 5.75 Å². The first-order valence-electron chi connectivity index (χ1n) is 11.2. The first-order valence-corrected chi connectivity index (χ1v) is 11.2. The lowest BCUT2D eigenvalue weighted by Crippen LogP contribution is -2.43. The topological polar surface area (TPSA) is 95.0 Å². The third-order valence-corrected chi connectivity index (χ3v) is 7.82. The monoisotopic (exact) mass is 440 g/mol. The Kier molecular flexibility index (Phi) is 4.72. The number of aromatic hydroxyl groups is 1. The van der Waals surface area contributed by atoms with E-state index in [1.54, 1.807) is 19.9 Å². The number of allylic oxidation sites excluding steroid dienone is 2. The standard InChI is InChI=1S/C24H25FN2O5/c1-3-26-21(29)13-9-8-11-14(18(13)23(26)31)10-15-19(24(32)27(4-2)22(15)30)17(11)12-6-5-7-16(25)20(12)28/h5-8,13-15,17-19,28H,3-4,9-10H2,1-2H3/t13-,14+,15+,17+,18-,19+/m0/s1. The van der Waals surface area contributed by atoms with Crippen molar-refractivity contribution < 1.29 is 28.7 Å². The van der Waals surface area contributed by atoms with Crippen LogP contribution < -0.4 is 0 Å². The zero-order chi connectivity index (χ0) is 22.9. The van der Waals surface area contributed by atoms with E-state index in [4.69, 9.17) is 0 Å². The molecule has 0 unspecified atom stereocenters. The molecule has 2 aliphatic heterocycles. The van der Waals surface area contributed by atoms with Crippen molar-refractivity contribution in [2.75, 3.05) is 13.1 Å². The number of halogens is 1. The number of amides is 4. The zero-order valence-electron chi connectivity index (χ0n) is 18.0. The number of hydrogen-bond acceptors (Lipinski definition) is 5. The molecule has 0 bridgehead atoms. The van der Waals surface area contributed by atoms with Crippen LogP contribution in [0.3, 0.4) is 0 Å². The number of benzene rings is 1. The molecular formula is C24H25FN2O5. The molecule has 32 heavy (non-hydrogen) atoms. The highest BCUT2D eigenvalue weighted by Gasteiger charge is 2.61. The maximum atomic E-state index is 14.3. The molecule has 3 fully saturated rings. The third-order valence-electron chi connectivity index (χ3n) is 7.82. The van der Waals surface area contributed by atoms with Gasteiger partial charge < -0.3 is 5.11 Å². The summed E-state index contributed by atoms with van der Waals surface area (Å²) in [6.45, 7) is 3.99. The van der Waals surface area contributed by atoms with Gasteiger partial charge in [0.1, 0.15) is 0 Å². The van der Waals surface area contributed by atoms with E-state index in [2.05, 4.69) is 0 Å². The summed E-state index contributed by atoms with van der Waals surface area (Å²) in [6.07, 6.45) is 2.52. The SMILES string of the molecule is CCN1C(=O)[C@H]2[C@H](CC=C3[C@H]2C[C@H]2C(=O)N(CC)C(=O)[C@H]2[C@H]3c2cccc(F)c2O)C1=O. The molecule has 8 heteroatoms. The maximum Gasteiger partial charge on any atom is 0.234 e. The van der Waals surface area contributed by atoms with Crippen LogP contribution in [0.25, 0.3) is 0 Å². The number of hydrogen-bond donors (Lipinski definition) is 1. The predicted octanol–water partition coefficient (Wildman–Crippen LogP) is 2.21. The van der Waals surface area contributed by atoms with Crippen molar-refractivity contribution in [3.05, 3.63) is 41.2 Å². The Morgan fingerprint density at radius 2 is 1.53 bits per heavy atom. The van der Waals surface area contributed by atoms with Gasteiger partial charge in [-0.05, 0) is 38.7 Å². The molecule has 0 spiro atoms. The molecule has 1 saturated carbocycles. The second-order valence-corrected chi connectivity index (χ2v) is 9.04. The minimum atomic E-state index is -0.802. The summed E-state index contributed by atoms with van der Waals surface area (Å²) in [7, 11) is 0. The summed E-state index contributed by atoms with van der Waals surface area (Å²) < 4.78 is 14.3. The van der Waals surface area contributed by atoms with E-state index in [-0.39, 0.29) is 42.3 Å². The van der Waals surface area contributed by atoms with Gasteiger partial charge in [0.2, 0.25) is 23.6 Å². The summed E-state index contributed by atoms with van der Waals surface area (Å²) >= 11 is 0. The number of phenolic OH excluding ortho intramolecular Hbond substituents is 1. The van der Waals surface area contributed by atoms with Crippen LogP contribution >= 0.6 is 0 Å². The second-order valence-electron chi connectivity index (χ2n) is 9.04. The normalized spacial score (nSPS) is 33.9. The van der Waals surface area contributed by atoms with Gasteiger partial charge in [-0.25, -0.2) is 4.39 Å². The molecule has 1 aromatic carbocycles. The van der Waals surface area contributed by atoms with Gasteiger partial charge in [-0.3, -0.25) is 29.0 Å². The van der Waals surface area contributed by atoms with E-state index in [0.717, 1.165) is 11.6 Å². The van der Waals surface area contributed by atoms with Gasteiger partial charge in [0.25, 0.3) is 0 Å². The van der Waals surface area contributed by atoms with Gasteiger partial charge in [0, 0.05) is 24.6 Å². The largest absolute Gasteiger partial charge is 0.505 e. The molecule has 1 N–H and O–H groups in total. The molecule has 2 saturated heterocycles. The highest BCUT2D eigenvalue weighted by Crippen LogP contribution is 2.58. The number of carbonyl (C=O) groups is 4. The zero-order valence-corrected chi connectivity index (χ0v) is 18.0. The number of para-hydroxylation sites is 1. The fourth-order valence-corrected chi connectivity index (χ4v) is 6.47. The first-order chi connectivity index (χ1) is 15.3. The lowest BCUT2D eigenvalue weighted by Gasteiger charge is -2.44. The molecule has 7 nitrogen and oxygen atoms in total. The Bertz CT molecular complexity index is 1080. The van der Waals surface area contributed by atoms with Crippen LogP contribution in [-0.2, 0) is 19.2 Å². The molecule has 2 aliphatic carbocycles. The van der Waals surface area contributed by atoms with E-state index in [1.807, 2.05) is 6.08 Å². The Labute approximate surface area is 184 Å². The van der Waals surface area contributed by atoms with E-state index in [9.17, 15) is 28.7 Å². The fourth-order valence-electron chi connectivity index (χ4n) is 6.47. The molecule has 0 aromatic heterocycles. The number of rotatable bonds is 3. The minimum Gasteiger partial charge on any atom is -0.505 e. The number of imide groups is 2. The van der Waals surface area contributed by atoms with Crippen molar-refractivity contribution in [3.8, 4) is 5.75 Å². The predicted molar refractivity (Wildman–Crippen MR) is 110 cm³/mol. The summed E-state index contributed by atoms with van der Waals surface area (Å²) in [5.41, 5.74) is 1.00. The molecule has 4 aliphatic rings. The summed E-state index contributed by atoms with van der Waals surface area (Å²) in [4.78, 5) is 54.8. The summed E-state index contributed by atoms with van der Waals surface area (Å²) in [6, 6.07) is 4.18. The molecule has 2 heterocycles. The fraction of sp³-hybridized carbons (Fsp3) is 0.500. The summed E-state index contributed by atoms with van der Waals surface area (Å²) in [5.74, 6) is -6.07. The number of likely N-dealkylation sites (tertiary alicyclic amines) is 2. The van der Waals surface area contributed by atoms with Crippen molar-refractivity contribution in [2.24, 2.45) is 29.6 Å². The van der Waals surface area contributed by atoms with Crippen LogP contribution in [0, 0.1) is 35.4 Å². The van der Waals surface area contributed by atoms with Crippen molar-refractivity contribution in [3.63, 3.8) is 0 Å². The molecular weight excluding hydrogens is 415 g/mol. The third kappa shape index (κ3) is 2.58. The Hall–Kier alpha value is -3.03. The van der Waals surface area contributed by atoms with Crippen molar-refractivity contribution in [2.45, 2.75) is 32.6 Å². The van der Waals surface area contributed by atoms with Gasteiger partial charge in [0.15, 0.2) is 11.6 Å². The highest BCUT2D eigenvalue weighted by molar-refractivity contribution is 6.07. The number of phenols is 1. The van der Waals surface area contributed by atoms with Gasteiger partial charge in [-0.1, -0.05) is 23.8 Å². The van der Waals surface area contributed by atoms with E-state index >= 15 is 0 Å². The summed E-state index contributed by atoms with van der Waals surface area (Å²) in [5, 5.41) is 10.6. The quantitative estimate of drug-likeness (QED) is 0.575. The molecule has 4 amide bonds. The number of nitrogens with zero attached hydrogens (tertiary/aromatic N) is 2. The Morgan fingerprint density at radius 3 is 2.19 bits per heavy atom. The van der Waals surface area contributed by atoms with Gasteiger partial charge >= 0.3 is 0 Å². The number of fused-ring (bicyclic) bond motifs is 4. The molecule has 1 aromatic rings. The smallest absolute Gasteiger partial charge is 0.234 e.